The number of anilines is 1. The molecule has 0 bridgehead atoms. The molecule has 0 fully saturated rings. The summed E-state index contributed by atoms with van der Waals surface area (Å²) in [5.41, 5.74) is 0.994. The number of carbonyl (C=O) groups excluding carboxylic acids is 1. The fraction of sp³-hybridized carbons (Fsp3) is 0.231. The molecule has 0 aromatic heterocycles. The van der Waals surface area contributed by atoms with Gasteiger partial charge in [0, 0.05) is 5.54 Å². The molecule has 1 heterocycles. The van der Waals surface area contributed by atoms with Gasteiger partial charge in [0.15, 0.2) is 0 Å². The van der Waals surface area contributed by atoms with Crippen molar-refractivity contribution in [3.63, 3.8) is 0 Å². The van der Waals surface area contributed by atoms with Crippen LogP contribution in [0.2, 0.25) is 0 Å². The minimum absolute atomic E-state index is 0.00904. The Labute approximate surface area is 207 Å². The number of sulfonamides is 1. The second-order valence-corrected chi connectivity index (χ2v) is 11.2. The van der Waals surface area contributed by atoms with E-state index in [2.05, 4.69) is 15.0 Å². The number of amides is 1. The normalized spacial score (nSPS) is 14.5. The van der Waals surface area contributed by atoms with Crippen molar-refractivity contribution < 1.29 is 26.4 Å². The van der Waals surface area contributed by atoms with Crippen LogP contribution in [0.5, 0.6) is 0 Å². The van der Waals surface area contributed by atoms with Crippen molar-refractivity contribution in [3.8, 4) is 11.1 Å². The summed E-state index contributed by atoms with van der Waals surface area (Å²) in [6, 6.07) is 16.6. The molecule has 10 heteroatoms. The van der Waals surface area contributed by atoms with Crippen LogP contribution in [-0.4, -0.2) is 25.6 Å². The summed E-state index contributed by atoms with van der Waals surface area (Å²) in [5.74, 6) is -0.487. The molecule has 188 valence electrons. The molecule has 0 aliphatic carbocycles. The quantitative estimate of drug-likeness (QED) is 0.453. The predicted octanol–water partition coefficient (Wildman–Crippen LogP) is 5.91. The van der Waals surface area contributed by atoms with Gasteiger partial charge in [-0.2, -0.15) is 13.2 Å². The van der Waals surface area contributed by atoms with Crippen LogP contribution in [0.15, 0.2) is 76.6 Å². The molecule has 6 nitrogen and oxygen atoms in total. The Balaban J connectivity index is 1.72. The predicted molar refractivity (Wildman–Crippen MR) is 133 cm³/mol. The van der Waals surface area contributed by atoms with Gasteiger partial charge in [0.2, 0.25) is 15.9 Å². The summed E-state index contributed by atoms with van der Waals surface area (Å²) in [7, 11) is -3.75. The first kappa shape index (κ1) is 25.6. The molecule has 1 amide bonds. The van der Waals surface area contributed by atoms with Crippen LogP contribution in [0.4, 0.5) is 24.5 Å². The van der Waals surface area contributed by atoms with Crippen molar-refractivity contribution in [2.75, 3.05) is 5.32 Å². The van der Waals surface area contributed by atoms with Gasteiger partial charge in [-0.3, -0.25) is 9.79 Å². The molecule has 0 saturated heterocycles. The van der Waals surface area contributed by atoms with E-state index in [1.807, 2.05) is 0 Å². The minimum Gasteiger partial charge on any atom is -0.324 e. The molecule has 0 atom stereocenters. The fourth-order valence-corrected chi connectivity index (χ4v) is 5.25. The van der Waals surface area contributed by atoms with Crippen molar-refractivity contribution in [2.45, 2.75) is 43.8 Å². The third-order valence-electron chi connectivity index (χ3n) is 5.30. The second-order valence-electron chi connectivity index (χ2n) is 9.48. The van der Waals surface area contributed by atoms with Crippen molar-refractivity contribution >= 4 is 33.0 Å². The van der Waals surface area contributed by atoms with Crippen molar-refractivity contribution in [3.05, 3.63) is 77.9 Å². The number of alkyl halides is 3. The van der Waals surface area contributed by atoms with Crippen LogP contribution >= 0.6 is 0 Å². The van der Waals surface area contributed by atoms with Gasteiger partial charge in [0.1, 0.15) is 0 Å². The van der Waals surface area contributed by atoms with E-state index in [0.717, 1.165) is 12.1 Å². The first-order chi connectivity index (χ1) is 16.7. The summed E-state index contributed by atoms with van der Waals surface area (Å²) in [5, 5.41) is 2.50. The number of aliphatic imine (C=N–C) groups is 1. The van der Waals surface area contributed by atoms with Gasteiger partial charge >= 0.3 is 6.18 Å². The van der Waals surface area contributed by atoms with Gasteiger partial charge in [-0.25, -0.2) is 13.1 Å². The highest BCUT2D eigenvalue weighted by atomic mass is 32.2. The van der Waals surface area contributed by atoms with Gasteiger partial charge in [-0.05, 0) is 73.9 Å². The SMILES string of the molecule is CC(C)(C)NS(=O)(=O)c1cccc(-c2cccc(C3=Nc4ccc(C(F)(F)F)cc4NC(=O)C3)c2)c1. The molecule has 36 heavy (non-hydrogen) atoms. The molecule has 0 unspecified atom stereocenters. The Bertz CT molecular complexity index is 1470. The standard InChI is InChI=1S/C26H24F3N3O3S/c1-25(2,3)32-36(34,35)20-9-5-7-17(13-20)16-6-4-8-18(12-16)22-15-24(33)31-23-14-19(26(27,28)29)10-11-21(23)30-22/h4-14,32H,15H2,1-3H3,(H,31,33). The maximum Gasteiger partial charge on any atom is 0.416 e. The van der Waals surface area contributed by atoms with Crippen LogP contribution in [0.3, 0.4) is 0 Å². The zero-order valence-electron chi connectivity index (χ0n) is 19.8. The molecule has 1 aliphatic rings. The van der Waals surface area contributed by atoms with Crippen molar-refractivity contribution in [1.82, 2.24) is 4.72 Å². The fourth-order valence-electron chi connectivity index (χ4n) is 3.79. The first-order valence-corrected chi connectivity index (χ1v) is 12.5. The van der Waals surface area contributed by atoms with Crippen LogP contribution in [-0.2, 0) is 21.0 Å². The molecule has 3 aromatic carbocycles. The van der Waals surface area contributed by atoms with E-state index in [-0.39, 0.29) is 22.7 Å². The summed E-state index contributed by atoms with van der Waals surface area (Å²) < 4.78 is 67.5. The van der Waals surface area contributed by atoms with Crippen LogP contribution in [0.1, 0.15) is 38.3 Å². The van der Waals surface area contributed by atoms with E-state index >= 15 is 0 Å². The van der Waals surface area contributed by atoms with Crippen molar-refractivity contribution in [2.24, 2.45) is 4.99 Å². The average molecular weight is 516 g/mol. The third-order valence-corrected chi connectivity index (χ3v) is 7.05. The first-order valence-electron chi connectivity index (χ1n) is 11.0. The number of benzene rings is 3. The van der Waals surface area contributed by atoms with E-state index in [0.29, 0.717) is 22.4 Å². The number of hydrogen-bond donors (Lipinski definition) is 2. The molecular formula is C26H24F3N3O3S. The van der Waals surface area contributed by atoms with Gasteiger partial charge < -0.3 is 5.32 Å². The van der Waals surface area contributed by atoms with Crippen molar-refractivity contribution in [1.29, 1.82) is 0 Å². The molecule has 4 rings (SSSR count). The number of carbonyl (C=O) groups is 1. The van der Waals surface area contributed by atoms with E-state index in [4.69, 9.17) is 0 Å². The van der Waals surface area contributed by atoms with Crippen LogP contribution in [0, 0.1) is 0 Å². The van der Waals surface area contributed by atoms with Gasteiger partial charge in [-0.1, -0.05) is 30.3 Å². The molecule has 3 aromatic rings. The van der Waals surface area contributed by atoms with E-state index in [1.54, 1.807) is 63.2 Å². The number of fused-ring (bicyclic) bond motifs is 1. The Kier molecular flexibility index (Phi) is 6.52. The summed E-state index contributed by atoms with van der Waals surface area (Å²) in [4.78, 5) is 17.1. The molecular weight excluding hydrogens is 491 g/mol. The second kappa shape index (κ2) is 9.18. The third kappa shape index (κ3) is 5.83. The smallest absolute Gasteiger partial charge is 0.324 e. The monoisotopic (exact) mass is 515 g/mol. The van der Waals surface area contributed by atoms with E-state index < -0.39 is 33.2 Å². The van der Waals surface area contributed by atoms with Gasteiger partial charge in [-0.15, -0.1) is 0 Å². The molecule has 0 saturated carbocycles. The average Bonchev–Trinajstić information content (AvgIpc) is 2.94. The summed E-state index contributed by atoms with van der Waals surface area (Å²) in [6.07, 6.45) is -4.68. The number of rotatable bonds is 4. The Morgan fingerprint density at radius 2 is 1.53 bits per heavy atom. The maximum atomic E-state index is 13.1. The highest BCUT2D eigenvalue weighted by molar-refractivity contribution is 7.89. The topological polar surface area (TPSA) is 87.6 Å². The molecule has 0 spiro atoms. The zero-order chi connectivity index (χ0) is 26.3. The zero-order valence-corrected chi connectivity index (χ0v) is 20.6. The van der Waals surface area contributed by atoms with Gasteiger partial charge in [0.05, 0.1) is 34.0 Å². The number of nitrogens with one attached hydrogen (secondary N) is 2. The maximum absolute atomic E-state index is 13.1. The molecule has 1 aliphatic heterocycles. The number of hydrogen-bond acceptors (Lipinski definition) is 4. The molecule has 2 N–H and O–H groups in total. The lowest BCUT2D eigenvalue weighted by Crippen LogP contribution is -2.40. The van der Waals surface area contributed by atoms with E-state index in [1.165, 1.54) is 12.1 Å². The molecule has 0 radical (unpaired) electrons. The van der Waals surface area contributed by atoms with Crippen LogP contribution in [0.25, 0.3) is 11.1 Å². The van der Waals surface area contributed by atoms with E-state index in [9.17, 15) is 26.4 Å². The Hall–Kier alpha value is -3.50. The van der Waals surface area contributed by atoms with Crippen LogP contribution < -0.4 is 10.0 Å². The summed E-state index contributed by atoms with van der Waals surface area (Å²) in [6.45, 7) is 5.26. The highest BCUT2D eigenvalue weighted by Gasteiger charge is 2.32. The largest absolute Gasteiger partial charge is 0.416 e. The lowest BCUT2D eigenvalue weighted by molar-refractivity contribution is -0.137. The lowest BCUT2D eigenvalue weighted by atomic mass is 9.99. The summed E-state index contributed by atoms with van der Waals surface area (Å²) >= 11 is 0. The Morgan fingerprint density at radius 3 is 2.19 bits per heavy atom. The number of halogens is 3. The highest BCUT2D eigenvalue weighted by Crippen LogP contribution is 2.37. The number of nitrogens with zero attached hydrogens (tertiary/aromatic N) is 1. The Morgan fingerprint density at radius 1 is 0.889 bits per heavy atom. The lowest BCUT2D eigenvalue weighted by Gasteiger charge is -2.20. The van der Waals surface area contributed by atoms with Gasteiger partial charge in [0.25, 0.3) is 0 Å². The minimum atomic E-state index is -4.54.